The molecule has 0 radical (unpaired) electrons. The minimum Gasteiger partial charge on any atom is -0.368 e. The molecule has 8 heterocycles. The quantitative estimate of drug-likeness (QED) is 0.0792. The van der Waals surface area contributed by atoms with Crippen molar-refractivity contribution in [3.63, 3.8) is 0 Å². The van der Waals surface area contributed by atoms with Crippen molar-refractivity contribution in [2.24, 2.45) is 0 Å². The monoisotopic (exact) mass is 1360 g/mol. The molecule has 5 aliphatic heterocycles. The summed E-state index contributed by atoms with van der Waals surface area (Å²) >= 11 is 0. The Hall–Kier alpha value is -9.46. The smallest absolute Gasteiger partial charge is 0.200 e. The number of aromatic amines is 2. The summed E-state index contributed by atoms with van der Waals surface area (Å²) in [6.45, 7) is 2.18. The van der Waals surface area contributed by atoms with Crippen molar-refractivity contribution in [1.82, 2.24) is 25.0 Å². The van der Waals surface area contributed by atoms with E-state index in [2.05, 4.69) is 19.9 Å². The Morgan fingerprint density at radius 2 is 0.771 bits per heavy atom. The highest BCUT2D eigenvalue weighted by Gasteiger charge is 2.64. The molecule has 7 atom stereocenters. The van der Waals surface area contributed by atoms with Crippen LogP contribution < -0.4 is 0 Å². The third-order valence-corrected chi connectivity index (χ3v) is 16.9. The van der Waals surface area contributed by atoms with Crippen LogP contribution in [0.4, 0.5) is 87.8 Å². The van der Waals surface area contributed by atoms with Gasteiger partial charge in [-0.05, 0) is 61.4 Å². The van der Waals surface area contributed by atoms with E-state index in [1.165, 1.54) is 38.1 Å². The molecule has 14 rings (SSSR count). The van der Waals surface area contributed by atoms with Crippen LogP contribution in [0, 0.1) is 116 Å². The number of fused-ring (bicyclic) bond motifs is 12. The van der Waals surface area contributed by atoms with E-state index >= 15 is 79.0 Å². The van der Waals surface area contributed by atoms with E-state index in [-0.39, 0.29) is 6.61 Å². The van der Waals surface area contributed by atoms with E-state index in [0.29, 0.717) is 47.5 Å². The fraction of sp³-hybridized carbons (Fsp3) is 0.182. The van der Waals surface area contributed by atoms with Gasteiger partial charge in [0.05, 0.1) is 63.6 Å². The highest BCUT2D eigenvalue weighted by atomic mass is 19.2. The van der Waals surface area contributed by atoms with Crippen molar-refractivity contribution in [2.75, 3.05) is 0 Å². The maximum absolute atomic E-state index is 17.3. The summed E-state index contributed by atoms with van der Waals surface area (Å²) in [6, 6.07) is 16.7. The van der Waals surface area contributed by atoms with Gasteiger partial charge in [-0.2, -0.15) is 5.06 Å². The number of rotatable bonds is 10. The lowest BCUT2D eigenvalue weighted by atomic mass is 9.82. The number of hydrogen-bond acceptors (Lipinski definition) is 8. The fourth-order valence-corrected chi connectivity index (χ4v) is 12.8. The van der Waals surface area contributed by atoms with Crippen LogP contribution in [0.3, 0.4) is 0 Å². The first-order valence-electron chi connectivity index (χ1n) is 28.4. The number of H-pyrrole nitrogens is 2. The Morgan fingerprint density at radius 3 is 1.19 bits per heavy atom. The third-order valence-electron chi connectivity index (χ3n) is 16.9. The van der Waals surface area contributed by atoms with Gasteiger partial charge in [0, 0.05) is 50.9 Å². The van der Waals surface area contributed by atoms with Crippen LogP contribution in [-0.4, -0.2) is 61.4 Å². The highest BCUT2D eigenvalue weighted by molar-refractivity contribution is 5.98. The molecule has 3 fully saturated rings. The van der Waals surface area contributed by atoms with Gasteiger partial charge in [0.25, 0.3) is 0 Å². The first-order chi connectivity index (χ1) is 45.7. The first-order valence-corrected chi connectivity index (χ1v) is 28.4. The Labute approximate surface area is 524 Å². The summed E-state index contributed by atoms with van der Waals surface area (Å²) in [7, 11) is 0. The summed E-state index contributed by atoms with van der Waals surface area (Å²) in [4.78, 5) is 20.2. The van der Waals surface area contributed by atoms with Crippen LogP contribution >= 0.6 is 0 Å². The van der Waals surface area contributed by atoms with Gasteiger partial charge in [-0.1, -0.05) is 60.7 Å². The molecule has 0 spiro atoms. The molecule has 96 heavy (non-hydrogen) atoms. The van der Waals surface area contributed by atoms with E-state index < -0.39 is 261 Å². The number of halogens is 20. The van der Waals surface area contributed by atoms with Crippen LogP contribution in [0.1, 0.15) is 59.8 Å². The molecule has 8 bridgehead atoms. The molecule has 3 saturated heterocycles. The fourth-order valence-electron chi connectivity index (χ4n) is 12.8. The number of aromatic nitrogens is 4. The Bertz CT molecular complexity index is 4900. The zero-order valence-corrected chi connectivity index (χ0v) is 48.1. The van der Waals surface area contributed by atoms with Crippen LogP contribution in [0.25, 0.3) is 78.7 Å². The Kier molecular flexibility index (Phi) is 15.6. The highest BCUT2D eigenvalue weighted by Crippen LogP contribution is 2.58. The first kappa shape index (κ1) is 63.9. The van der Waals surface area contributed by atoms with Gasteiger partial charge in [0.15, 0.2) is 105 Å². The van der Waals surface area contributed by atoms with Gasteiger partial charge in [0.2, 0.25) is 23.3 Å². The van der Waals surface area contributed by atoms with E-state index in [9.17, 15) is 8.78 Å². The number of hydroxylamine groups is 2. The largest absolute Gasteiger partial charge is 0.368 e. The number of ether oxygens (including phenoxy) is 4. The number of nitrogens with zero attached hydrogens (tertiary/aromatic N) is 3. The van der Waals surface area contributed by atoms with Crippen molar-refractivity contribution >= 4 is 34.2 Å². The number of benzene rings is 6. The zero-order valence-electron chi connectivity index (χ0n) is 48.1. The molecule has 6 aromatic carbocycles. The van der Waals surface area contributed by atoms with Crippen LogP contribution in [0.5, 0.6) is 0 Å². The van der Waals surface area contributed by atoms with Crippen LogP contribution in [0.2, 0.25) is 0 Å². The summed E-state index contributed by atoms with van der Waals surface area (Å²) < 4.78 is 348. The molecule has 10 nitrogen and oxygen atoms in total. The van der Waals surface area contributed by atoms with Gasteiger partial charge >= 0.3 is 0 Å². The van der Waals surface area contributed by atoms with E-state index in [0.717, 1.165) is 5.06 Å². The van der Waals surface area contributed by atoms with Crippen molar-refractivity contribution < 1.29 is 112 Å². The van der Waals surface area contributed by atoms with Crippen molar-refractivity contribution in [2.45, 2.75) is 75.5 Å². The minimum absolute atomic E-state index is 0.289. The standard InChI is InChI=1S/C66H35F20N5O5/c1-66(2)94-64-63(92-20-22-11-7-4-8-12-22)62(93-65(64)95-66)60-37-58-31(35-42(71)50(79)56(85)51(80)43(35)72)27-17-15-25(88-27)29(33-38(67)46(75)54(83)47(76)39(33)68)23-13-14-24(87-23)30(34-40(69)48(77)55(84)49(78)41(34)70)26-16-18-28(89-26)32(36-44(73)52(81)57(86)53(82)45(36)74)59(90-58)61(37)96-91(60)19-21-9-5-3-6-10-21/h3-18,37,60-65,88-89H,19-20H2,1-2H3/t37-,60+,61+,62-,63+,64-,65-/m1/s1. The lowest BCUT2D eigenvalue weighted by Crippen LogP contribution is -2.49. The van der Waals surface area contributed by atoms with Crippen LogP contribution in [0.15, 0.2) is 84.9 Å². The van der Waals surface area contributed by atoms with E-state index in [1.54, 1.807) is 36.4 Å². The summed E-state index contributed by atoms with van der Waals surface area (Å²) in [5.74, 6) is -57.3. The normalized spacial score (nSPS) is 20.5. The molecule has 5 aliphatic rings. The summed E-state index contributed by atoms with van der Waals surface area (Å²) in [5.41, 5.74) is -20.8. The van der Waals surface area contributed by atoms with E-state index in [4.69, 9.17) is 23.8 Å². The molecule has 0 amide bonds. The second-order valence-electron chi connectivity index (χ2n) is 22.9. The maximum atomic E-state index is 17.3. The molecule has 494 valence electrons. The van der Waals surface area contributed by atoms with Crippen LogP contribution in [-0.2, 0) is 36.9 Å². The molecular formula is C66H35F20N5O5. The topological polar surface area (TPSA) is 107 Å². The average molecular weight is 1360 g/mol. The predicted octanol–water partition coefficient (Wildman–Crippen LogP) is 17.0. The van der Waals surface area contributed by atoms with Gasteiger partial charge in [-0.25, -0.2) is 92.8 Å². The Morgan fingerprint density at radius 1 is 0.406 bits per heavy atom. The van der Waals surface area contributed by atoms with Crippen molar-refractivity contribution in [1.29, 1.82) is 0 Å². The summed E-state index contributed by atoms with van der Waals surface area (Å²) in [6.07, 6.45) is -7.01. The number of nitrogens with one attached hydrogen (secondary N) is 2. The molecule has 0 unspecified atom stereocenters. The maximum Gasteiger partial charge on any atom is 0.200 e. The molecule has 30 heteroatoms. The van der Waals surface area contributed by atoms with Crippen molar-refractivity contribution in [3.8, 4) is 44.5 Å². The average Bonchev–Trinajstić information content (AvgIpc) is 1.53. The molecule has 3 aromatic heterocycles. The molecular weight excluding hydrogens is 1320 g/mol. The second kappa shape index (κ2) is 23.4. The van der Waals surface area contributed by atoms with Crippen molar-refractivity contribution in [3.05, 3.63) is 235 Å². The third kappa shape index (κ3) is 9.87. The summed E-state index contributed by atoms with van der Waals surface area (Å²) in [5, 5.41) is 1.06. The van der Waals surface area contributed by atoms with Gasteiger partial charge in [0.1, 0.15) is 24.4 Å². The Balaban J connectivity index is 1.21. The van der Waals surface area contributed by atoms with Gasteiger partial charge < -0.3 is 28.9 Å². The van der Waals surface area contributed by atoms with Gasteiger partial charge in [-0.15, -0.1) is 0 Å². The molecule has 9 aromatic rings. The second-order valence-corrected chi connectivity index (χ2v) is 22.9. The minimum atomic E-state index is -2.77. The number of hydrogen-bond donors (Lipinski definition) is 2. The lowest BCUT2D eigenvalue weighted by molar-refractivity contribution is -0.242. The molecule has 0 aliphatic carbocycles. The van der Waals surface area contributed by atoms with E-state index in [1.807, 2.05) is 0 Å². The molecule has 2 N–H and O–H groups in total. The lowest BCUT2D eigenvalue weighted by Gasteiger charge is -2.35. The SMILES string of the molecule is CC1(C)O[C@H]2O[C@H]([C@@H]3[C@H]4c5nc(c(-c6c(F)c(F)c(F)c(F)c6F)c6ccc([nH]6)c(-c6c(F)c(F)c(F)c(F)c6F)c6nc(c(-c7c(F)c(F)c(F)c(F)c7F)c7ccc([nH]7)c5-c5c(F)c(F)c(F)c(F)c5F)C=C6)[C@H]4ON3Cc3ccccc3)[C@H](OCc3ccccc3)[C@H]2O1. The predicted molar refractivity (Wildman–Crippen MR) is 297 cm³/mol. The zero-order chi connectivity index (χ0) is 68.1. The van der Waals surface area contributed by atoms with Gasteiger partial charge in [-0.3, -0.25) is 9.82 Å². The molecule has 0 saturated carbocycles.